The lowest BCUT2D eigenvalue weighted by molar-refractivity contribution is 0.0920. The first-order valence-electron chi connectivity index (χ1n) is 8.82. The Balaban J connectivity index is 1.71. The Bertz CT molecular complexity index is 1180. The number of carbonyl (C=O) groups excluding carboxylic acids is 1. The van der Waals surface area contributed by atoms with E-state index in [1.165, 1.54) is 36.9 Å². The van der Waals surface area contributed by atoms with Gasteiger partial charge in [-0.05, 0) is 29.8 Å². The van der Waals surface area contributed by atoms with Crippen LogP contribution in [0.15, 0.2) is 74.9 Å². The normalized spacial score (nSPS) is 11.6. The van der Waals surface area contributed by atoms with Crippen molar-refractivity contribution < 1.29 is 17.6 Å². The number of carbonyl (C=O) groups is 1. The molecular weight excluding hydrogens is 394 g/mol. The van der Waals surface area contributed by atoms with Crippen LogP contribution in [-0.4, -0.2) is 37.3 Å². The molecule has 2 heterocycles. The van der Waals surface area contributed by atoms with Gasteiger partial charge >= 0.3 is 0 Å². The third-order valence-corrected chi connectivity index (χ3v) is 6.20. The van der Waals surface area contributed by atoms with Crippen molar-refractivity contribution in [2.75, 3.05) is 14.1 Å². The van der Waals surface area contributed by atoms with Gasteiger partial charge in [-0.15, -0.1) is 0 Å². The Morgan fingerprint density at radius 2 is 1.79 bits per heavy atom. The van der Waals surface area contributed by atoms with E-state index in [1.54, 1.807) is 42.6 Å². The number of aromatic nitrogens is 1. The standard InChI is InChI=1S/C20H21N3O5S/c1-22(2)29(26,27)18-8-4-3-7-15(18)13-21-20(25)17-11-10-16(28-17)14-23-12-6-5-9-19(23)24/h3-12H,13-14H2,1-2H3,(H,21,25). The fourth-order valence-electron chi connectivity index (χ4n) is 2.70. The number of sulfonamides is 1. The van der Waals surface area contributed by atoms with Gasteiger partial charge in [0.2, 0.25) is 10.0 Å². The fraction of sp³-hybridized carbons (Fsp3) is 0.200. The predicted molar refractivity (Wildman–Crippen MR) is 107 cm³/mol. The van der Waals surface area contributed by atoms with Gasteiger partial charge in [-0.25, -0.2) is 12.7 Å². The SMILES string of the molecule is CN(C)S(=O)(=O)c1ccccc1CNC(=O)c1ccc(Cn2ccccc2=O)o1. The van der Waals surface area contributed by atoms with Gasteiger partial charge in [0.25, 0.3) is 11.5 Å². The average molecular weight is 415 g/mol. The summed E-state index contributed by atoms with van der Waals surface area (Å²) in [6.07, 6.45) is 1.63. The van der Waals surface area contributed by atoms with Crippen LogP contribution < -0.4 is 10.9 Å². The van der Waals surface area contributed by atoms with Crippen LogP contribution in [0.3, 0.4) is 0 Å². The monoisotopic (exact) mass is 415 g/mol. The summed E-state index contributed by atoms with van der Waals surface area (Å²) in [5, 5.41) is 2.67. The van der Waals surface area contributed by atoms with E-state index in [9.17, 15) is 18.0 Å². The maximum absolute atomic E-state index is 12.4. The number of pyridine rings is 1. The van der Waals surface area contributed by atoms with Gasteiger partial charge in [-0.2, -0.15) is 0 Å². The van der Waals surface area contributed by atoms with E-state index in [4.69, 9.17) is 4.42 Å². The summed E-state index contributed by atoms with van der Waals surface area (Å²) < 4.78 is 33.0. The molecule has 0 aliphatic carbocycles. The summed E-state index contributed by atoms with van der Waals surface area (Å²) >= 11 is 0. The van der Waals surface area contributed by atoms with E-state index in [0.29, 0.717) is 11.3 Å². The van der Waals surface area contributed by atoms with E-state index in [2.05, 4.69) is 5.32 Å². The van der Waals surface area contributed by atoms with Gasteiger partial charge in [0, 0.05) is 32.9 Å². The van der Waals surface area contributed by atoms with Gasteiger partial charge in [-0.3, -0.25) is 9.59 Å². The van der Waals surface area contributed by atoms with E-state index in [-0.39, 0.29) is 29.3 Å². The molecule has 152 valence electrons. The number of hydrogen-bond acceptors (Lipinski definition) is 5. The Morgan fingerprint density at radius 3 is 2.52 bits per heavy atom. The Labute approximate surface area is 168 Å². The molecule has 0 unspecified atom stereocenters. The van der Waals surface area contributed by atoms with Crippen LogP contribution >= 0.6 is 0 Å². The second kappa shape index (κ2) is 8.46. The third-order valence-electron chi connectivity index (χ3n) is 4.28. The highest BCUT2D eigenvalue weighted by atomic mass is 32.2. The van der Waals surface area contributed by atoms with Crippen molar-refractivity contribution in [2.24, 2.45) is 0 Å². The Hall–Kier alpha value is -3.17. The molecule has 0 fully saturated rings. The number of nitrogens with zero attached hydrogens (tertiary/aromatic N) is 2. The van der Waals surface area contributed by atoms with E-state index in [0.717, 1.165) is 4.31 Å². The summed E-state index contributed by atoms with van der Waals surface area (Å²) in [6, 6.07) is 14.4. The highest BCUT2D eigenvalue weighted by Gasteiger charge is 2.21. The molecule has 1 amide bonds. The molecule has 3 rings (SSSR count). The Kier molecular flexibility index (Phi) is 6.00. The summed E-state index contributed by atoms with van der Waals surface area (Å²) in [4.78, 5) is 24.3. The molecule has 1 N–H and O–H groups in total. The topological polar surface area (TPSA) is 102 Å². The molecule has 2 aromatic heterocycles. The predicted octanol–water partition coefficient (Wildman–Crippen LogP) is 1.67. The van der Waals surface area contributed by atoms with Crippen LogP contribution in [0, 0.1) is 0 Å². The molecule has 0 radical (unpaired) electrons. The zero-order valence-corrected chi connectivity index (χ0v) is 16.8. The minimum atomic E-state index is -3.63. The highest BCUT2D eigenvalue weighted by molar-refractivity contribution is 7.89. The van der Waals surface area contributed by atoms with Crippen LogP contribution in [0.1, 0.15) is 21.9 Å². The molecule has 1 aromatic carbocycles. The van der Waals surface area contributed by atoms with Gasteiger partial charge in [0.1, 0.15) is 5.76 Å². The number of hydrogen-bond donors (Lipinski definition) is 1. The first kappa shape index (κ1) is 20.6. The molecule has 0 aliphatic heterocycles. The lowest BCUT2D eigenvalue weighted by Gasteiger charge is -2.15. The molecule has 0 atom stereocenters. The second-order valence-corrected chi connectivity index (χ2v) is 8.63. The number of amides is 1. The van der Waals surface area contributed by atoms with Crippen molar-refractivity contribution in [1.82, 2.24) is 14.2 Å². The van der Waals surface area contributed by atoms with Crippen molar-refractivity contribution in [3.8, 4) is 0 Å². The minimum Gasteiger partial charge on any atom is -0.454 e. The van der Waals surface area contributed by atoms with Gasteiger partial charge in [0.15, 0.2) is 5.76 Å². The van der Waals surface area contributed by atoms with Crippen LogP contribution in [0.2, 0.25) is 0 Å². The van der Waals surface area contributed by atoms with Gasteiger partial charge < -0.3 is 14.3 Å². The van der Waals surface area contributed by atoms with Gasteiger partial charge in [0.05, 0.1) is 11.4 Å². The zero-order valence-electron chi connectivity index (χ0n) is 16.0. The number of nitrogens with one attached hydrogen (secondary N) is 1. The van der Waals surface area contributed by atoms with E-state index >= 15 is 0 Å². The molecule has 29 heavy (non-hydrogen) atoms. The van der Waals surface area contributed by atoms with Crippen LogP contribution in [0.5, 0.6) is 0 Å². The lowest BCUT2D eigenvalue weighted by atomic mass is 10.2. The Morgan fingerprint density at radius 1 is 1.07 bits per heavy atom. The maximum Gasteiger partial charge on any atom is 0.287 e. The van der Waals surface area contributed by atoms with Gasteiger partial charge in [-0.1, -0.05) is 24.3 Å². The first-order chi connectivity index (χ1) is 13.8. The van der Waals surface area contributed by atoms with Crippen LogP contribution in [-0.2, 0) is 23.1 Å². The summed E-state index contributed by atoms with van der Waals surface area (Å²) in [6.45, 7) is 0.229. The average Bonchev–Trinajstić information content (AvgIpc) is 3.16. The number of furan rings is 1. The molecule has 3 aromatic rings. The highest BCUT2D eigenvalue weighted by Crippen LogP contribution is 2.18. The zero-order chi connectivity index (χ0) is 21.0. The molecule has 0 spiro atoms. The van der Waals surface area contributed by atoms with Crippen LogP contribution in [0.25, 0.3) is 0 Å². The number of benzene rings is 1. The third kappa shape index (κ3) is 4.64. The van der Waals surface area contributed by atoms with Crippen molar-refractivity contribution in [3.05, 3.63) is 88.2 Å². The molecular formula is C20H21N3O5S. The molecule has 0 bridgehead atoms. The minimum absolute atomic E-state index is 0.0241. The van der Waals surface area contributed by atoms with Crippen molar-refractivity contribution >= 4 is 15.9 Å². The van der Waals surface area contributed by atoms with Crippen molar-refractivity contribution in [3.63, 3.8) is 0 Å². The lowest BCUT2D eigenvalue weighted by Crippen LogP contribution is -2.26. The molecule has 0 aliphatic rings. The van der Waals surface area contributed by atoms with Crippen molar-refractivity contribution in [2.45, 2.75) is 18.0 Å². The summed E-state index contributed by atoms with van der Waals surface area (Å²) in [5.74, 6) is 0.0599. The fourth-order valence-corrected chi connectivity index (χ4v) is 3.82. The molecule has 0 saturated heterocycles. The smallest absolute Gasteiger partial charge is 0.287 e. The summed E-state index contributed by atoms with van der Waals surface area (Å²) in [7, 11) is -0.725. The maximum atomic E-state index is 12.4. The summed E-state index contributed by atoms with van der Waals surface area (Å²) in [5.41, 5.74) is 0.297. The van der Waals surface area contributed by atoms with E-state index < -0.39 is 15.9 Å². The molecule has 9 heteroatoms. The second-order valence-electron chi connectivity index (χ2n) is 6.51. The molecule has 0 saturated carbocycles. The number of rotatable bonds is 7. The van der Waals surface area contributed by atoms with Crippen molar-refractivity contribution in [1.29, 1.82) is 0 Å². The largest absolute Gasteiger partial charge is 0.454 e. The molecule has 8 nitrogen and oxygen atoms in total. The van der Waals surface area contributed by atoms with E-state index in [1.807, 2.05) is 0 Å². The quantitative estimate of drug-likeness (QED) is 0.633. The first-order valence-corrected chi connectivity index (χ1v) is 10.3. The van der Waals surface area contributed by atoms with Crippen LogP contribution in [0.4, 0.5) is 0 Å².